The Balaban J connectivity index is 0.000000149. The minimum atomic E-state index is -2.09. The third-order valence-electron chi connectivity index (χ3n) is 20.3. The van der Waals surface area contributed by atoms with E-state index < -0.39 is 16.1 Å². The maximum atomic E-state index is 6.96. The standard InChI is InChI=1S/C46H34N2O2Si.C44H40N2OSi/c1-51(2)43-28-26-34(48(33-19-10-5-11-20-33)40-23-14-22-37-36-21-12-13-24-41(36)49-44(37)40)29-39(43)45-46(51)38-27-25-35(30-42(38)50-45)47(31-15-6-3-7-16-31)32-17-8-4-9-18-32;1-29-7-15-33(16-8-29)45(34-17-9-30(2)10-18-34)37-23-25-41-39(27-37)44-43(47-41)40-28-38(24-26-42(40)48(44,5)6)46(35-19-11-31(3)12-20-35)36-21-13-32(4)14-22-36/h3-30H,1-2H3;7-28H,1-6H3. The normalized spacial score (nSPS) is 13.0. The summed E-state index contributed by atoms with van der Waals surface area (Å²) in [7, 11) is -4.18. The summed E-state index contributed by atoms with van der Waals surface area (Å²) in [6.45, 7) is 18.4. The van der Waals surface area contributed by atoms with Crippen molar-refractivity contribution in [2.45, 2.75) is 53.9 Å². The lowest BCUT2D eigenvalue weighted by Crippen LogP contribution is -2.49. The van der Waals surface area contributed by atoms with E-state index in [1.54, 1.807) is 0 Å². The van der Waals surface area contributed by atoms with E-state index in [4.69, 9.17) is 13.3 Å². The molecule has 7 nitrogen and oxygen atoms in total. The first-order valence-corrected chi connectivity index (χ1v) is 40.2. The van der Waals surface area contributed by atoms with Crippen LogP contribution in [0.3, 0.4) is 0 Å². The van der Waals surface area contributed by atoms with Crippen molar-refractivity contribution in [2.24, 2.45) is 0 Å². The summed E-state index contributed by atoms with van der Waals surface area (Å²) >= 11 is 0. The van der Waals surface area contributed by atoms with Crippen molar-refractivity contribution in [3.63, 3.8) is 0 Å². The number of para-hydroxylation sites is 5. The van der Waals surface area contributed by atoms with Crippen molar-refractivity contribution in [3.8, 4) is 22.6 Å². The molecule has 16 aromatic rings. The van der Waals surface area contributed by atoms with Crippen molar-refractivity contribution in [3.05, 3.63) is 326 Å². The molecule has 480 valence electrons. The number of hydrogen-bond donors (Lipinski definition) is 0. The SMILES string of the molecule is C[Si]1(C)c2ccc(N(c3ccccc3)c3cccc4c3oc3ccccc34)cc2-c2oc3cc(N(c4ccccc4)c4ccccc4)ccc3c21.Cc1ccc(N(c2ccc(C)cc2)c2ccc3c(c2)-c2oc4ccc(N(c5ccc(C)cc5)c5ccc(C)cc5)cc4c2[Si]3(C)C)cc1. The molecule has 0 spiro atoms. The van der Waals surface area contributed by atoms with Gasteiger partial charge in [-0.25, -0.2) is 0 Å². The van der Waals surface area contributed by atoms with Gasteiger partial charge in [0.05, 0.1) is 5.69 Å². The number of rotatable bonds is 12. The fourth-order valence-electron chi connectivity index (χ4n) is 15.3. The number of aryl methyl sites for hydroxylation is 4. The van der Waals surface area contributed by atoms with Crippen LogP contribution >= 0.6 is 0 Å². The van der Waals surface area contributed by atoms with Gasteiger partial charge >= 0.3 is 0 Å². The van der Waals surface area contributed by atoms with Crippen LogP contribution in [0.15, 0.2) is 317 Å². The van der Waals surface area contributed by atoms with E-state index in [0.717, 1.165) is 113 Å². The van der Waals surface area contributed by atoms with Crippen molar-refractivity contribution in [1.82, 2.24) is 0 Å². The second-order valence-corrected chi connectivity index (χ2v) is 36.2. The fraction of sp³-hybridized carbons (Fsp3) is 0.0889. The molecule has 0 saturated carbocycles. The number of fused-ring (bicyclic) bond motifs is 13. The zero-order valence-corrected chi connectivity index (χ0v) is 58.9. The Labute approximate surface area is 580 Å². The number of furan rings is 3. The van der Waals surface area contributed by atoms with Crippen LogP contribution in [0, 0.1) is 27.7 Å². The Hall–Kier alpha value is -11.6. The highest BCUT2D eigenvalue weighted by atomic mass is 28.3. The zero-order valence-electron chi connectivity index (χ0n) is 56.9. The number of hydrogen-bond acceptors (Lipinski definition) is 7. The number of benzene rings is 13. The first kappa shape index (κ1) is 61.0. The average molecular weight is 1320 g/mol. The Bertz CT molecular complexity index is 5590. The minimum Gasteiger partial charge on any atom is -0.456 e. The third kappa shape index (κ3) is 10.6. The van der Waals surface area contributed by atoms with Gasteiger partial charge in [0, 0.05) is 101 Å². The van der Waals surface area contributed by atoms with Crippen molar-refractivity contribution < 1.29 is 13.3 Å². The highest BCUT2D eigenvalue weighted by Gasteiger charge is 2.44. The van der Waals surface area contributed by atoms with E-state index in [0.29, 0.717) is 0 Å². The van der Waals surface area contributed by atoms with Crippen molar-refractivity contribution in [2.75, 3.05) is 19.6 Å². The molecule has 0 radical (unpaired) electrons. The predicted octanol–water partition coefficient (Wildman–Crippen LogP) is 23.5. The van der Waals surface area contributed by atoms with E-state index in [1.807, 2.05) is 12.1 Å². The summed E-state index contributed by atoms with van der Waals surface area (Å²) in [6.07, 6.45) is 0. The molecule has 0 saturated heterocycles. The van der Waals surface area contributed by atoms with E-state index in [2.05, 4.69) is 365 Å². The quantitative estimate of drug-likeness (QED) is 0.113. The average Bonchev–Trinajstić information content (AvgIpc) is 1.55. The third-order valence-corrected chi connectivity index (χ3v) is 27.4. The van der Waals surface area contributed by atoms with Crippen LogP contribution in [0.2, 0.25) is 26.2 Å². The topological polar surface area (TPSA) is 52.4 Å². The monoisotopic (exact) mass is 1310 g/mol. The molecule has 0 atom stereocenters. The van der Waals surface area contributed by atoms with E-state index in [1.165, 1.54) is 64.9 Å². The Kier molecular flexibility index (Phi) is 14.9. The molecule has 2 aliphatic heterocycles. The molecule has 0 fully saturated rings. The lowest BCUT2D eigenvalue weighted by Gasteiger charge is -2.27. The molecule has 2 aliphatic rings. The summed E-state index contributed by atoms with van der Waals surface area (Å²) in [4.78, 5) is 9.31. The maximum Gasteiger partial charge on any atom is 0.159 e. The molecule has 0 amide bonds. The number of anilines is 12. The Morgan fingerprint density at radius 2 is 0.596 bits per heavy atom. The van der Waals surface area contributed by atoms with E-state index >= 15 is 0 Å². The molecule has 9 heteroatoms. The van der Waals surface area contributed by atoms with Crippen LogP contribution in [0.1, 0.15) is 22.3 Å². The molecule has 0 bridgehead atoms. The molecular weight excluding hydrogens is 1240 g/mol. The van der Waals surface area contributed by atoms with Crippen LogP contribution in [0.5, 0.6) is 0 Å². The second kappa shape index (κ2) is 24.2. The summed E-state index contributed by atoms with van der Waals surface area (Å²) < 4.78 is 20.4. The fourth-order valence-corrected chi connectivity index (χ4v) is 21.8. The van der Waals surface area contributed by atoms with Crippen molar-refractivity contribution >= 4 is 149 Å². The van der Waals surface area contributed by atoms with Gasteiger partial charge in [0.2, 0.25) is 0 Å². The van der Waals surface area contributed by atoms with Gasteiger partial charge < -0.3 is 32.9 Å². The van der Waals surface area contributed by atoms with Gasteiger partial charge in [-0.3, -0.25) is 0 Å². The van der Waals surface area contributed by atoms with Gasteiger partial charge in [0.15, 0.2) is 5.58 Å². The molecule has 0 aliphatic carbocycles. The number of nitrogens with zero attached hydrogens (tertiary/aromatic N) is 4. The highest BCUT2D eigenvalue weighted by Crippen LogP contribution is 2.47. The molecule has 0 N–H and O–H groups in total. The smallest absolute Gasteiger partial charge is 0.159 e. The molecular formula is C90H74N4O3Si2. The molecule has 0 unspecified atom stereocenters. The molecule has 3 aromatic heterocycles. The summed E-state index contributed by atoms with van der Waals surface area (Å²) in [5, 5.41) is 10.2. The van der Waals surface area contributed by atoms with Crippen molar-refractivity contribution in [1.29, 1.82) is 0 Å². The Morgan fingerprint density at radius 1 is 0.242 bits per heavy atom. The van der Waals surface area contributed by atoms with Crippen LogP contribution in [0.25, 0.3) is 66.5 Å². The maximum absolute atomic E-state index is 6.96. The van der Waals surface area contributed by atoms with Crippen LogP contribution in [-0.4, -0.2) is 16.1 Å². The highest BCUT2D eigenvalue weighted by molar-refractivity contribution is 7.05. The van der Waals surface area contributed by atoms with Gasteiger partial charge in [-0.05, 0) is 200 Å². The predicted molar refractivity (Wildman–Crippen MR) is 422 cm³/mol. The first-order valence-electron chi connectivity index (χ1n) is 34.2. The van der Waals surface area contributed by atoms with E-state index in [9.17, 15) is 0 Å². The van der Waals surface area contributed by atoms with Gasteiger partial charge in [-0.2, -0.15) is 0 Å². The van der Waals surface area contributed by atoms with Crippen LogP contribution < -0.4 is 40.3 Å². The first-order chi connectivity index (χ1) is 48.2. The summed E-state index contributed by atoms with van der Waals surface area (Å²) in [5.41, 5.74) is 24.2. The zero-order chi connectivity index (χ0) is 67.3. The van der Waals surface area contributed by atoms with Gasteiger partial charge in [-0.1, -0.05) is 194 Å². The van der Waals surface area contributed by atoms with Gasteiger partial charge in [0.1, 0.15) is 44.4 Å². The van der Waals surface area contributed by atoms with Crippen LogP contribution in [-0.2, 0) is 0 Å². The Morgan fingerprint density at radius 3 is 1.09 bits per heavy atom. The van der Waals surface area contributed by atoms with Gasteiger partial charge in [0.25, 0.3) is 0 Å². The minimum absolute atomic E-state index is 0.871. The van der Waals surface area contributed by atoms with Gasteiger partial charge in [-0.15, -0.1) is 0 Å². The second-order valence-electron chi connectivity index (χ2n) is 27.6. The largest absolute Gasteiger partial charge is 0.456 e. The molecule has 5 heterocycles. The molecule has 18 rings (SSSR count). The lowest BCUT2D eigenvalue weighted by atomic mass is 10.1. The lowest BCUT2D eigenvalue weighted by molar-refractivity contribution is 0.634. The molecule has 13 aromatic carbocycles. The van der Waals surface area contributed by atoms with Crippen LogP contribution in [0.4, 0.5) is 68.2 Å². The van der Waals surface area contributed by atoms with E-state index in [-0.39, 0.29) is 0 Å². The summed E-state index contributed by atoms with van der Waals surface area (Å²) in [5.74, 6) is 2.03. The molecule has 99 heavy (non-hydrogen) atoms. The summed E-state index contributed by atoms with van der Waals surface area (Å²) in [6, 6.07) is 109.